The van der Waals surface area contributed by atoms with E-state index < -0.39 is 22.0 Å². The number of carboxylic acids is 1. The lowest BCUT2D eigenvalue weighted by Gasteiger charge is -2.11. The van der Waals surface area contributed by atoms with Crippen LogP contribution in [-0.4, -0.2) is 30.5 Å². The van der Waals surface area contributed by atoms with Crippen molar-refractivity contribution in [2.45, 2.75) is 10.9 Å². The maximum Gasteiger partial charge on any atom is 0.325 e. The minimum Gasteiger partial charge on any atom is -0.480 e. The van der Waals surface area contributed by atoms with Gasteiger partial charge in [0.05, 0.1) is 11.1 Å². The number of fused-ring (bicyclic) bond motifs is 1. The van der Waals surface area contributed by atoms with E-state index in [1.807, 2.05) is 48.5 Å². The Kier molecular flexibility index (Phi) is 6.68. The molecule has 0 bridgehead atoms. The molecule has 0 aliphatic rings. The lowest BCUT2D eigenvalue weighted by Crippen LogP contribution is -2.39. The Morgan fingerprint density at radius 3 is 2.27 bits per heavy atom. The number of carboxylic acid groups (broad SMARTS) is 1. The van der Waals surface area contributed by atoms with Crippen LogP contribution in [0, 0.1) is 0 Å². The summed E-state index contributed by atoms with van der Waals surface area (Å²) in [5.41, 5.74) is 2.22. The Labute approximate surface area is 213 Å². The van der Waals surface area contributed by atoms with Crippen molar-refractivity contribution in [1.82, 2.24) is 9.71 Å². The molecule has 5 aromatic rings. The maximum atomic E-state index is 12.9. The molecule has 1 atom stereocenters. The fraction of sp³-hybridized carbons (Fsp3) is 0.0345. The highest BCUT2D eigenvalue weighted by atomic mass is 32.2. The molecular formula is C29H22N2O5S. The summed E-state index contributed by atoms with van der Waals surface area (Å²) in [5.74, 6) is -0.378. The molecule has 37 heavy (non-hydrogen) atoms. The lowest BCUT2D eigenvalue weighted by atomic mass is 10.1. The van der Waals surface area contributed by atoms with E-state index in [4.69, 9.17) is 4.42 Å². The summed E-state index contributed by atoms with van der Waals surface area (Å²) in [4.78, 5) is 15.9. The van der Waals surface area contributed by atoms with Crippen molar-refractivity contribution >= 4 is 32.8 Å². The molecule has 0 aliphatic heterocycles. The molecule has 0 aliphatic carbocycles. The average Bonchev–Trinajstić information content (AvgIpc) is 3.42. The maximum absolute atomic E-state index is 12.9. The van der Waals surface area contributed by atoms with Crippen LogP contribution in [0.25, 0.3) is 39.6 Å². The molecule has 0 fully saturated rings. The predicted octanol–water partition coefficient (Wildman–Crippen LogP) is 5.61. The summed E-state index contributed by atoms with van der Waals surface area (Å²) >= 11 is 0. The number of aliphatic carboxylic acids is 1. The summed E-state index contributed by atoms with van der Waals surface area (Å²) in [6.45, 7) is 0. The van der Waals surface area contributed by atoms with Crippen molar-refractivity contribution in [2.24, 2.45) is 0 Å². The van der Waals surface area contributed by atoms with E-state index in [9.17, 15) is 18.3 Å². The Balaban J connectivity index is 1.33. The molecule has 0 saturated carbocycles. The van der Waals surface area contributed by atoms with Crippen molar-refractivity contribution in [1.29, 1.82) is 0 Å². The molecule has 1 unspecified atom stereocenters. The number of nitrogens with one attached hydrogen (secondary N) is 1. The van der Waals surface area contributed by atoms with Crippen LogP contribution in [0.5, 0.6) is 0 Å². The van der Waals surface area contributed by atoms with Crippen LogP contribution in [0.2, 0.25) is 0 Å². The highest BCUT2D eigenvalue weighted by molar-refractivity contribution is 7.89. The summed E-state index contributed by atoms with van der Waals surface area (Å²) in [5, 5.41) is 11.7. The van der Waals surface area contributed by atoms with E-state index in [0.29, 0.717) is 17.2 Å². The van der Waals surface area contributed by atoms with Crippen LogP contribution in [0.4, 0.5) is 0 Å². The first kappa shape index (κ1) is 24.2. The molecule has 0 saturated heterocycles. The first-order valence-electron chi connectivity index (χ1n) is 11.4. The Hall–Kier alpha value is -4.53. The van der Waals surface area contributed by atoms with Gasteiger partial charge in [0.15, 0.2) is 5.76 Å². The quantitative estimate of drug-likeness (QED) is 0.281. The third-order valence-electron chi connectivity index (χ3n) is 5.78. The molecule has 7 nitrogen and oxygen atoms in total. The standard InChI is InChI=1S/C29H22N2O5S/c32-29(33)26(17-10-20-6-2-1-3-7-20)31-37(34,35)25-15-13-22(14-16-25)28-30-19-27(36-28)24-12-11-21-8-4-5-9-23(21)18-24/h1-19,26,31H,(H,32,33)/b17-10+. The second-order valence-corrected chi connectivity index (χ2v) is 10.0. The van der Waals surface area contributed by atoms with E-state index in [2.05, 4.69) is 9.71 Å². The number of rotatable bonds is 8. The highest BCUT2D eigenvalue weighted by Gasteiger charge is 2.23. The minimum atomic E-state index is -4.10. The van der Waals surface area contributed by atoms with Crippen molar-refractivity contribution < 1.29 is 22.7 Å². The molecule has 1 heterocycles. The summed E-state index contributed by atoms with van der Waals surface area (Å²) in [7, 11) is -4.10. The van der Waals surface area contributed by atoms with Gasteiger partial charge in [0, 0.05) is 11.1 Å². The fourth-order valence-corrected chi connectivity index (χ4v) is 4.98. The first-order valence-corrected chi connectivity index (χ1v) is 12.9. The average molecular weight is 511 g/mol. The summed E-state index contributed by atoms with van der Waals surface area (Å²) < 4.78 is 33.9. The minimum absolute atomic E-state index is 0.0723. The molecular weight excluding hydrogens is 488 g/mol. The van der Waals surface area contributed by atoms with Crippen molar-refractivity contribution in [2.75, 3.05) is 0 Å². The molecule has 2 N–H and O–H groups in total. The van der Waals surface area contributed by atoms with Crippen LogP contribution in [0.15, 0.2) is 119 Å². The Morgan fingerprint density at radius 2 is 1.54 bits per heavy atom. The van der Waals surface area contributed by atoms with Gasteiger partial charge in [-0.2, -0.15) is 4.72 Å². The van der Waals surface area contributed by atoms with Crippen molar-refractivity contribution in [3.8, 4) is 22.8 Å². The van der Waals surface area contributed by atoms with Gasteiger partial charge in [0.1, 0.15) is 6.04 Å². The zero-order valence-corrected chi connectivity index (χ0v) is 20.3. The Bertz CT molecular complexity index is 1690. The smallest absolute Gasteiger partial charge is 0.325 e. The largest absolute Gasteiger partial charge is 0.480 e. The van der Waals surface area contributed by atoms with Gasteiger partial charge in [0.2, 0.25) is 15.9 Å². The predicted molar refractivity (Wildman–Crippen MR) is 142 cm³/mol. The fourth-order valence-electron chi connectivity index (χ4n) is 3.84. The second-order valence-electron chi connectivity index (χ2n) is 8.32. The zero-order valence-electron chi connectivity index (χ0n) is 19.5. The second kappa shape index (κ2) is 10.2. The summed E-state index contributed by atoms with van der Waals surface area (Å²) in [6.07, 6.45) is 4.48. The number of carbonyl (C=O) groups is 1. The van der Waals surface area contributed by atoms with Crippen LogP contribution >= 0.6 is 0 Å². The van der Waals surface area contributed by atoms with Gasteiger partial charge in [-0.25, -0.2) is 13.4 Å². The number of sulfonamides is 1. The van der Waals surface area contributed by atoms with Gasteiger partial charge >= 0.3 is 5.97 Å². The van der Waals surface area contributed by atoms with Gasteiger partial charge in [-0.05, 0) is 46.7 Å². The van der Waals surface area contributed by atoms with Crippen LogP contribution < -0.4 is 4.72 Å². The van der Waals surface area contributed by atoms with Crippen molar-refractivity contribution in [3.05, 3.63) is 115 Å². The van der Waals surface area contributed by atoms with E-state index in [1.165, 1.54) is 18.2 Å². The van der Waals surface area contributed by atoms with Crippen LogP contribution in [0.1, 0.15) is 5.56 Å². The molecule has 0 spiro atoms. The van der Waals surface area contributed by atoms with Crippen LogP contribution in [0.3, 0.4) is 0 Å². The number of hydrogen-bond acceptors (Lipinski definition) is 5. The lowest BCUT2D eigenvalue weighted by molar-refractivity contribution is -0.137. The third kappa shape index (κ3) is 5.50. The highest BCUT2D eigenvalue weighted by Crippen LogP contribution is 2.29. The number of benzene rings is 4. The molecule has 4 aromatic carbocycles. The molecule has 184 valence electrons. The van der Waals surface area contributed by atoms with Gasteiger partial charge < -0.3 is 9.52 Å². The molecule has 0 radical (unpaired) electrons. The number of aromatic nitrogens is 1. The SMILES string of the molecule is O=C(O)C(/C=C/c1ccccc1)NS(=O)(=O)c1ccc(-c2ncc(-c3ccc4ccccc4c3)o2)cc1. The molecule has 8 heteroatoms. The number of hydrogen-bond donors (Lipinski definition) is 2. The van der Waals surface area contributed by atoms with E-state index in [0.717, 1.165) is 21.9 Å². The zero-order chi connectivity index (χ0) is 25.8. The van der Waals surface area contributed by atoms with Gasteiger partial charge in [-0.3, -0.25) is 4.79 Å². The van der Waals surface area contributed by atoms with Gasteiger partial charge in [0.25, 0.3) is 0 Å². The van der Waals surface area contributed by atoms with E-state index in [-0.39, 0.29) is 4.90 Å². The van der Waals surface area contributed by atoms with E-state index in [1.54, 1.807) is 48.7 Å². The Morgan fingerprint density at radius 1 is 0.865 bits per heavy atom. The van der Waals surface area contributed by atoms with E-state index >= 15 is 0 Å². The van der Waals surface area contributed by atoms with Gasteiger partial charge in [-0.1, -0.05) is 78.9 Å². The van der Waals surface area contributed by atoms with Gasteiger partial charge in [-0.15, -0.1) is 0 Å². The summed E-state index contributed by atoms with van der Waals surface area (Å²) in [6, 6.07) is 27.5. The monoisotopic (exact) mass is 510 g/mol. The number of oxazole rings is 1. The normalized spacial score (nSPS) is 12.6. The molecule has 0 amide bonds. The van der Waals surface area contributed by atoms with Crippen molar-refractivity contribution in [3.63, 3.8) is 0 Å². The third-order valence-corrected chi connectivity index (χ3v) is 7.24. The van der Waals surface area contributed by atoms with Crippen LogP contribution in [-0.2, 0) is 14.8 Å². The molecule has 1 aromatic heterocycles. The first-order chi connectivity index (χ1) is 17.9. The topological polar surface area (TPSA) is 110 Å². The molecule has 5 rings (SSSR count). The number of nitrogens with zero attached hydrogens (tertiary/aromatic N) is 1.